The molecule has 0 saturated carbocycles. The van der Waals surface area contributed by atoms with Crippen LogP contribution in [0, 0.1) is 0 Å². The molecule has 0 saturated heterocycles. The highest BCUT2D eigenvalue weighted by molar-refractivity contribution is 5.61. The first kappa shape index (κ1) is 21.4. The number of aromatic nitrogens is 2. The zero-order valence-corrected chi connectivity index (χ0v) is 15.4. The number of anilines is 2. The maximum atomic E-state index is 12.9. The van der Waals surface area contributed by atoms with Crippen molar-refractivity contribution in [2.75, 3.05) is 17.7 Å². The van der Waals surface area contributed by atoms with Crippen LogP contribution in [-0.2, 0) is 6.18 Å². The summed E-state index contributed by atoms with van der Waals surface area (Å²) in [5, 5.41) is 5.35. The summed E-state index contributed by atoms with van der Waals surface area (Å²) in [6, 6.07) is 0. The van der Waals surface area contributed by atoms with Gasteiger partial charge in [-0.3, -0.25) is 0 Å². The molecule has 1 heterocycles. The number of hydrogen-bond acceptors (Lipinski definition) is 5. The van der Waals surface area contributed by atoms with Crippen LogP contribution in [0.4, 0.5) is 24.9 Å². The van der Waals surface area contributed by atoms with Gasteiger partial charge < -0.3 is 10.6 Å². The molecule has 2 N–H and O–H groups in total. The zero-order valence-electron chi connectivity index (χ0n) is 15.4. The standard InChI is InChI=1S/C18H24F3N5/c1-5-7-9-10-13(3)15(23-11-8-6-2)25-17-24-12-14(18(19,20)21)16(22-4)26-17/h5,7,9-12H,6,8H2,1-4H3,(H2,22,24,25,26)/b7-5-,10-9-,15-13-,23-11-. The third-order valence-corrected chi connectivity index (χ3v) is 3.22. The molecule has 0 aromatic carbocycles. The van der Waals surface area contributed by atoms with Crippen molar-refractivity contribution in [3.05, 3.63) is 47.5 Å². The number of allylic oxidation sites excluding steroid dienone is 5. The number of rotatable bonds is 8. The molecule has 1 aromatic heterocycles. The Morgan fingerprint density at radius 1 is 1.31 bits per heavy atom. The molecule has 0 unspecified atom stereocenters. The lowest BCUT2D eigenvalue weighted by Gasteiger charge is -2.13. The zero-order chi connectivity index (χ0) is 19.6. The fraction of sp³-hybridized carbons (Fsp3) is 0.389. The second-order valence-electron chi connectivity index (χ2n) is 5.35. The van der Waals surface area contributed by atoms with E-state index in [9.17, 15) is 13.2 Å². The molecule has 0 aliphatic carbocycles. The number of nitrogens with zero attached hydrogens (tertiary/aromatic N) is 3. The molecule has 0 aliphatic heterocycles. The molecule has 1 rings (SSSR count). The largest absolute Gasteiger partial charge is 0.421 e. The minimum Gasteiger partial charge on any atom is -0.372 e. The summed E-state index contributed by atoms with van der Waals surface area (Å²) in [6.07, 6.45) is 7.13. The number of unbranched alkanes of at least 4 members (excludes halogenated alkanes) is 1. The molecule has 26 heavy (non-hydrogen) atoms. The minimum atomic E-state index is -4.53. The molecule has 0 spiro atoms. The van der Waals surface area contributed by atoms with E-state index in [0.29, 0.717) is 5.82 Å². The van der Waals surface area contributed by atoms with Gasteiger partial charge in [-0.25, -0.2) is 9.98 Å². The third kappa shape index (κ3) is 6.70. The van der Waals surface area contributed by atoms with Crippen LogP contribution in [-0.4, -0.2) is 23.2 Å². The Kier molecular flexibility index (Phi) is 8.54. The number of alkyl halides is 3. The molecule has 0 amide bonds. The maximum Gasteiger partial charge on any atom is 0.421 e. The van der Waals surface area contributed by atoms with Gasteiger partial charge >= 0.3 is 6.18 Å². The topological polar surface area (TPSA) is 62.2 Å². The molecule has 0 radical (unpaired) electrons. The lowest BCUT2D eigenvalue weighted by Crippen LogP contribution is -2.13. The second kappa shape index (κ2) is 10.4. The molecule has 5 nitrogen and oxygen atoms in total. The smallest absolute Gasteiger partial charge is 0.372 e. The number of nitrogens with one attached hydrogen (secondary N) is 2. The Morgan fingerprint density at radius 3 is 2.62 bits per heavy atom. The van der Waals surface area contributed by atoms with Crippen molar-refractivity contribution < 1.29 is 13.2 Å². The van der Waals surface area contributed by atoms with Gasteiger partial charge in [0, 0.05) is 19.5 Å². The van der Waals surface area contributed by atoms with E-state index in [1.807, 2.05) is 45.1 Å². The van der Waals surface area contributed by atoms with E-state index < -0.39 is 11.7 Å². The molecular formula is C18H24F3N5. The van der Waals surface area contributed by atoms with Crippen molar-refractivity contribution in [2.45, 2.75) is 39.8 Å². The van der Waals surface area contributed by atoms with Gasteiger partial charge in [-0.15, -0.1) is 0 Å². The summed E-state index contributed by atoms with van der Waals surface area (Å²) in [7, 11) is 1.38. The van der Waals surface area contributed by atoms with Gasteiger partial charge in [-0.1, -0.05) is 37.6 Å². The van der Waals surface area contributed by atoms with Crippen molar-refractivity contribution in [2.24, 2.45) is 4.99 Å². The van der Waals surface area contributed by atoms with Crippen LogP contribution in [0.3, 0.4) is 0 Å². The molecule has 1 aromatic rings. The van der Waals surface area contributed by atoms with Crippen molar-refractivity contribution >= 4 is 18.0 Å². The average Bonchev–Trinajstić information content (AvgIpc) is 2.60. The van der Waals surface area contributed by atoms with E-state index in [0.717, 1.165) is 24.6 Å². The SMILES string of the molecule is C\C=C/C=C\C(C)=C(\N=C/CCC)Nc1ncc(C(F)(F)F)c(NC)n1. The van der Waals surface area contributed by atoms with Crippen LogP contribution in [0.15, 0.2) is 46.9 Å². The lowest BCUT2D eigenvalue weighted by molar-refractivity contribution is -0.137. The quantitative estimate of drug-likeness (QED) is 0.491. The number of aliphatic imine (C=N–C) groups is 1. The Morgan fingerprint density at radius 2 is 2.04 bits per heavy atom. The van der Waals surface area contributed by atoms with Crippen LogP contribution in [0.1, 0.15) is 39.2 Å². The molecule has 0 atom stereocenters. The summed E-state index contributed by atoms with van der Waals surface area (Å²) in [5.41, 5.74) is -0.125. The van der Waals surface area contributed by atoms with Crippen molar-refractivity contribution in [3.63, 3.8) is 0 Å². The summed E-state index contributed by atoms with van der Waals surface area (Å²) < 4.78 is 38.8. The summed E-state index contributed by atoms with van der Waals surface area (Å²) in [4.78, 5) is 12.0. The maximum absolute atomic E-state index is 12.9. The van der Waals surface area contributed by atoms with Crippen LogP contribution in [0.5, 0.6) is 0 Å². The van der Waals surface area contributed by atoms with Crippen LogP contribution in [0.25, 0.3) is 0 Å². The van der Waals surface area contributed by atoms with E-state index in [4.69, 9.17) is 0 Å². The van der Waals surface area contributed by atoms with Gasteiger partial charge in [-0.2, -0.15) is 18.2 Å². The number of hydrogen-bond donors (Lipinski definition) is 2. The third-order valence-electron chi connectivity index (χ3n) is 3.22. The molecule has 0 aliphatic rings. The summed E-state index contributed by atoms with van der Waals surface area (Å²) in [6.45, 7) is 5.77. The van der Waals surface area contributed by atoms with Gasteiger partial charge in [0.2, 0.25) is 5.95 Å². The Labute approximate surface area is 151 Å². The minimum absolute atomic E-state index is 0.0322. The summed E-state index contributed by atoms with van der Waals surface area (Å²) in [5.74, 6) is 0.208. The fourth-order valence-corrected chi connectivity index (χ4v) is 1.85. The predicted octanol–water partition coefficient (Wildman–Crippen LogP) is 5.18. The highest BCUT2D eigenvalue weighted by atomic mass is 19.4. The van der Waals surface area contributed by atoms with Gasteiger partial charge in [-0.05, 0) is 25.8 Å². The van der Waals surface area contributed by atoms with Crippen molar-refractivity contribution in [3.8, 4) is 0 Å². The molecule has 0 bridgehead atoms. The highest BCUT2D eigenvalue weighted by Gasteiger charge is 2.35. The van der Waals surface area contributed by atoms with Gasteiger partial charge in [0.15, 0.2) is 0 Å². The first-order valence-electron chi connectivity index (χ1n) is 8.25. The van der Waals surface area contributed by atoms with E-state index in [2.05, 4.69) is 25.6 Å². The molecule has 8 heteroatoms. The predicted molar refractivity (Wildman–Crippen MR) is 100 cm³/mol. The first-order chi connectivity index (χ1) is 12.3. The Hall–Kier alpha value is -2.64. The normalized spacial score (nSPS) is 13.7. The molecule has 0 fully saturated rings. The fourth-order valence-electron chi connectivity index (χ4n) is 1.85. The molecular weight excluding hydrogens is 343 g/mol. The van der Waals surface area contributed by atoms with E-state index in [-0.39, 0.29) is 11.8 Å². The van der Waals surface area contributed by atoms with Crippen LogP contribution in [0.2, 0.25) is 0 Å². The van der Waals surface area contributed by atoms with Gasteiger partial charge in [0.25, 0.3) is 0 Å². The van der Waals surface area contributed by atoms with Crippen molar-refractivity contribution in [1.29, 1.82) is 0 Å². The van der Waals surface area contributed by atoms with Gasteiger partial charge in [0.05, 0.1) is 0 Å². The Bertz CT molecular complexity index is 703. The monoisotopic (exact) mass is 367 g/mol. The average molecular weight is 367 g/mol. The highest BCUT2D eigenvalue weighted by Crippen LogP contribution is 2.33. The van der Waals surface area contributed by atoms with Crippen molar-refractivity contribution in [1.82, 2.24) is 9.97 Å². The molecule has 142 valence electrons. The van der Waals surface area contributed by atoms with E-state index in [1.54, 1.807) is 6.21 Å². The van der Waals surface area contributed by atoms with E-state index >= 15 is 0 Å². The number of halogens is 3. The first-order valence-corrected chi connectivity index (χ1v) is 8.25. The second-order valence-corrected chi connectivity index (χ2v) is 5.35. The summed E-state index contributed by atoms with van der Waals surface area (Å²) >= 11 is 0. The lowest BCUT2D eigenvalue weighted by atomic mass is 10.2. The van der Waals surface area contributed by atoms with Crippen LogP contribution >= 0.6 is 0 Å². The van der Waals surface area contributed by atoms with E-state index in [1.165, 1.54) is 7.05 Å². The van der Waals surface area contributed by atoms with Gasteiger partial charge in [0.1, 0.15) is 17.2 Å². The Balaban J connectivity index is 3.20. The van der Waals surface area contributed by atoms with Crippen LogP contribution < -0.4 is 10.6 Å².